The lowest BCUT2D eigenvalue weighted by Gasteiger charge is -2.13. The molecule has 0 unspecified atom stereocenters. The largest absolute Gasteiger partial charge is 0.367 e. The maximum Gasteiger partial charge on any atom is 0.259 e. The number of amides is 1. The van der Waals surface area contributed by atoms with Gasteiger partial charge in [0.25, 0.3) is 5.91 Å². The number of anilines is 2. The zero-order valence-electron chi connectivity index (χ0n) is 11.7. The Morgan fingerprint density at radius 2 is 2.00 bits per heavy atom. The van der Waals surface area contributed by atoms with E-state index < -0.39 is 17.5 Å². The maximum absolute atomic E-state index is 13.6. The first-order valence-electron chi connectivity index (χ1n) is 6.45. The molecule has 1 heterocycles. The molecule has 2 rings (SSSR count). The number of carbonyl (C=O) groups is 1. The van der Waals surface area contributed by atoms with E-state index in [-0.39, 0.29) is 17.3 Å². The molecular formula is C15H15F2N3O. The van der Waals surface area contributed by atoms with Gasteiger partial charge in [-0.25, -0.2) is 13.8 Å². The number of carbonyl (C=O) groups excluding carboxylic acids is 1. The van der Waals surface area contributed by atoms with E-state index in [0.29, 0.717) is 11.9 Å². The van der Waals surface area contributed by atoms with E-state index in [4.69, 9.17) is 0 Å². The number of pyridine rings is 1. The molecule has 21 heavy (non-hydrogen) atoms. The van der Waals surface area contributed by atoms with Gasteiger partial charge in [0.15, 0.2) is 0 Å². The Bertz CT molecular complexity index is 659. The predicted octanol–water partition coefficient (Wildman–Crippen LogP) is 3.43. The van der Waals surface area contributed by atoms with Crippen molar-refractivity contribution in [1.29, 1.82) is 0 Å². The van der Waals surface area contributed by atoms with Crippen LogP contribution in [0.2, 0.25) is 0 Å². The first kappa shape index (κ1) is 14.9. The summed E-state index contributed by atoms with van der Waals surface area (Å²) < 4.78 is 26.4. The highest BCUT2D eigenvalue weighted by Gasteiger charge is 2.15. The summed E-state index contributed by atoms with van der Waals surface area (Å²) >= 11 is 0. The molecule has 0 spiro atoms. The zero-order valence-corrected chi connectivity index (χ0v) is 11.7. The molecule has 0 bridgehead atoms. The fourth-order valence-corrected chi connectivity index (χ4v) is 1.76. The maximum atomic E-state index is 13.6. The van der Waals surface area contributed by atoms with Crippen LogP contribution in [0.5, 0.6) is 0 Å². The first-order chi connectivity index (χ1) is 9.97. The average molecular weight is 291 g/mol. The van der Waals surface area contributed by atoms with Gasteiger partial charge in [0, 0.05) is 18.3 Å². The van der Waals surface area contributed by atoms with Crippen molar-refractivity contribution in [2.24, 2.45) is 0 Å². The van der Waals surface area contributed by atoms with Crippen LogP contribution in [0.15, 0.2) is 36.5 Å². The van der Waals surface area contributed by atoms with Gasteiger partial charge in [-0.2, -0.15) is 0 Å². The van der Waals surface area contributed by atoms with Gasteiger partial charge in [-0.1, -0.05) is 0 Å². The molecule has 4 nitrogen and oxygen atoms in total. The molecule has 1 aromatic heterocycles. The number of rotatable bonds is 4. The minimum Gasteiger partial charge on any atom is -0.367 e. The van der Waals surface area contributed by atoms with E-state index in [0.717, 1.165) is 6.07 Å². The quantitative estimate of drug-likeness (QED) is 0.907. The third-order valence-corrected chi connectivity index (χ3v) is 2.66. The van der Waals surface area contributed by atoms with Gasteiger partial charge in [-0.15, -0.1) is 0 Å². The van der Waals surface area contributed by atoms with Crippen LogP contribution in [0.25, 0.3) is 0 Å². The summed E-state index contributed by atoms with van der Waals surface area (Å²) in [6, 6.07) is 6.25. The smallest absolute Gasteiger partial charge is 0.259 e. The van der Waals surface area contributed by atoms with Crippen LogP contribution in [-0.4, -0.2) is 16.9 Å². The number of aromatic nitrogens is 1. The van der Waals surface area contributed by atoms with Gasteiger partial charge in [-0.05, 0) is 38.1 Å². The molecule has 6 heteroatoms. The molecule has 1 amide bonds. The van der Waals surface area contributed by atoms with Gasteiger partial charge in [-0.3, -0.25) is 4.79 Å². The normalized spacial score (nSPS) is 10.5. The van der Waals surface area contributed by atoms with Gasteiger partial charge in [0.2, 0.25) is 0 Å². The van der Waals surface area contributed by atoms with Gasteiger partial charge < -0.3 is 10.6 Å². The molecule has 2 aromatic rings. The van der Waals surface area contributed by atoms with Crippen molar-refractivity contribution >= 4 is 17.4 Å². The van der Waals surface area contributed by atoms with Crippen LogP contribution in [0.3, 0.4) is 0 Å². The molecule has 0 aliphatic rings. The molecule has 0 atom stereocenters. The number of nitrogens with one attached hydrogen (secondary N) is 2. The molecule has 0 fully saturated rings. The Kier molecular flexibility index (Phi) is 4.47. The Labute approximate surface area is 121 Å². The van der Waals surface area contributed by atoms with Crippen molar-refractivity contribution in [3.63, 3.8) is 0 Å². The highest BCUT2D eigenvalue weighted by atomic mass is 19.1. The third kappa shape index (κ3) is 3.75. The molecule has 0 aliphatic carbocycles. The SMILES string of the molecule is CC(C)Nc1ncccc1C(=O)Nc1ccc(F)cc1F. The highest BCUT2D eigenvalue weighted by molar-refractivity contribution is 6.07. The van der Waals surface area contributed by atoms with Crippen molar-refractivity contribution in [1.82, 2.24) is 4.98 Å². The summed E-state index contributed by atoms with van der Waals surface area (Å²) in [7, 11) is 0. The van der Waals surface area contributed by atoms with E-state index in [1.807, 2.05) is 13.8 Å². The van der Waals surface area contributed by atoms with E-state index in [1.165, 1.54) is 6.07 Å². The Morgan fingerprint density at radius 3 is 2.67 bits per heavy atom. The van der Waals surface area contributed by atoms with Gasteiger partial charge in [0.1, 0.15) is 17.5 Å². The molecule has 0 aliphatic heterocycles. The number of hydrogen-bond acceptors (Lipinski definition) is 3. The summed E-state index contributed by atoms with van der Waals surface area (Å²) in [4.78, 5) is 16.3. The molecule has 1 aromatic carbocycles. The summed E-state index contributed by atoms with van der Waals surface area (Å²) in [6.45, 7) is 3.83. The summed E-state index contributed by atoms with van der Waals surface area (Å²) in [5.41, 5.74) is 0.204. The van der Waals surface area contributed by atoms with E-state index >= 15 is 0 Å². The van der Waals surface area contributed by atoms with Crippen molar-refractivity contribution < 1.29 is 13.6 Å². The second kappa shape index (κ2) is 6.30. The first-order valence-corrected chi connectivity index (χ1v) is 6.45. The number of nitrogens with zero attached hydrogens (tertiary/aromatic N) is 1. The number of benzene rings is 1. The Morgan fingerprint density at radius 1 is 1.24 bits per heavy atom. The number of hydrogen-bond donors (Lipinski definition) is 2. The van der Waals surface area contributed by atoms with Crippen LogP contribution in [0.4, 0.5) is 20.3 Å². The topological polar surface area (TPSA) is 54.0 Å². The fourth-order valence-electron chi connectivity index (χ4n) is 1.76. The molecule has 110 valence electrons. The Balaban J connectivity index is 2.24. The lowest BCUT2D eigenvalue weighted by molar-refractivity contribution is 0.102. The number of halogens is 2. The summed E-state index contributed by atoms with van der Waals surface area (Å²) in [5.74, 6) is -1.64. The van der Waals surface area contributed by atoms with Crippen LogP contribution in [0, 0.1) is 11.6 Å². The minimum absolute atomic E-state index is 0.0826. The lowest BCUT2D eigenvalue weighted by atomic mass is 10.2. The second-order valence-corrected chi connectivity index (χ2v) is 4.78. The standard InChI is InChI=1S/C15H15F2N3O/c1-9(2)19-14-11(4-3-7-18-14)15(21)20-13-6-5-10(16)8-12(13)17/h3-9H,1-2H3,(H,18,19)(H,20,21). The van der Waals surface area contributed by atoms with Crippen molar-refractivity contribution in [2.45, 2.75) is 19.9 Å². The molecule has 2 N–H and O–H groups in total. The Hall–Kier alpha value is -2.50. The minimum atomic E-state index is -0.828. The van der Waals surface area contributed by atoms with E-state index in [9.17, 15) is 13.6 Å². The summed E-state index contributed by atoms with van der Waals surface area (Å²) in [5, 5.41) is 5.44. The van der Waals surface area contributed by atoms with Gasteiger partial charge in [0.05, 0.1) is 11.3 Å². The highest BCUT2D eigenvalue weighted by Crippen LogP contribution is 2.18. The monoisotopic (exact) mass is 291 g/mol. The predicted molar refractivity (Wildman–Crippen MR) is 77.3 cm³/mol. The fraction of sp³-hybridized carbons (Fsp3) is 0.200. The zero-order chi connectivity index (χ0) is 15.4. The summed E-state index contributed by atoms with van der Waals surface area (Å²) in [6.07, 6.45) is 1.56. The lowest BCUT2D eigenvalue weighted by Crippen LogP contribution is -2.19. The van der Waals surface area contributed by atoms with Crippen molar-refractivity contribution in [3.8, 4) is 0 Å². The average Bonchev–Trinajstić information content (AvgIpc) is 2.42. The van der Waals surface area contributed by atoms with E-state index in [2.05, 4.69) is 15.6 Å². The molecular weight excluding hydrogens is 276 g/mol. The molecule has 0 radical (unpaired) electrons. The van der Waals surface area contributed by atoms with Crippen LogP contribution in [-0.2, 0) is 0 Å². The second-order valence-electron chi connectivity index (χ2n) is 4.78. The molecule has 0 saturated carbocycles. The van der Waals surface area contributed by atoms with Crippen molar-refractivity contribution in [2.75, 3.05) is 10.6 Å². The van der Waals surface area contributed by atoms with Crippen molar-refractivity contribution in [3.05, 3.63) is 53.7 Å². The van der Waals surface area contributed by atoms with Crippen LogP contribution < -0.4 is 10.6 Å². The van der Waals surface area contributed by atoms with Crippen LogP contribution in [0.1, 0.15) is 24.2 Å². The van der Waals surface area contributed by atoms with E-state index in [1.54, 1.807) is 18.3 Å². The molecule has 0 saturated heterocycles. The third-order valence-electron chi connectivity index (χ3n) is 2.66. The van der Waals surface area contributed by atoms with Crippen LogP contribution >= 0.6 is 0 Å². The van der Waals surface area contributed by atoms with Gasteiger partial charge >= 0.3 is 0 Å².